The molecule has 1 spiro atoms. The number of aliphatic hydroxyl groups is 1. The second-order valence-electron chi connectivity index (χ2n) is 6.49. The summed E-state index contributed by atoms with van der Waals surface area (Å²) in [6.07, 6.45) is 1.07. The summed E-state index contributed by atoms with van der Waals surface area (Å²) in [5, 5.41) is 12.7. The van der Waals surface area contributed by atoms with Crippen molar-refractivity contribution in [3.8, 4) is 0 Å². The molecule has 23 heavy (non-hydrogen) atoms. The van der Waals surface area contributed by atoms with E-state index in [1.807, 2.05) is 38.0 Å². The van der Waals surface area contributed by atoms with Crippen molar-refractivity contribution in [1.82, 2.24) is 5.06 Å². The summed E-state index contributed by atoms with van der Waals surface area (Å²) >= 11 is 0. The summed E-state index contributed by atoms with van der Waals surface area (Å²) in [4.78, 5) is 17.7. The molecule has 2 aliphatic rings. The number of benzene rings is 1. The van der Waals surface area contributed by atoms with Crippen LogP contribution in [0.3, 0.4) is 0 Å². The highest BCUT2D eigenvalue weighted by Gasteiger charge is 2.50. The first-order valence-electron chi connectivity index (χ1n) is 7.92. The van der Waals surface area contributed by atoms with Gasteiger partial charge in [0.15, 0.2) is 11.4 Å². The summed E-state index contributed by atoms with van der Waals surface area (Å²) in [6.45, 7) is 7.18. The van der Waals surface area contributed by atoms with Gasteiger partial charge < -0.3 is 14.7 Å². The molecule has 0 aromatic heterocycles. The van der Waals surface area contributed by atoms with E-state index >= 15 is 0 Å². The van der Waals surface area contributed by atoms with Crippen LogP contribution in [0.2, 0.25) is 0 Å². The summed E-state index contributed by atoms with van der Waals surface area (Å²) in [5.41, 5.74) is 3.32. The SMILES string of the molecule is CON1CCC2(CC1)OC(=O)C(c1c(C)cc(C)cc1C)=C2O. The van der Waals surface area contributed by atoms with E-state index in [1.54, 1.807) is 7.11 Å². The van der Waals surface area contributed by atoms with Gasteiger partial charge in [-0.15, -0.1) is 0 Å². The van der Waals surface area contributed by atoms with E-state index in [0.717, 1.165) is 22.3 Å². The zero-order valence-electron chi connectivity index (χ0n) is 14.1. The van der Waals surface area contributed by atoms with Crippen LogP contribution in [-0.4, -0.2) is 41.9 Å². The molecule has 0 saturated carbocycles. The lowest BCUT2D eigenvalue weighted by Crippen LogP contribution is -2.45. The number of hydrogen-bond donors (Lipinski definition) is 1. The Kier molecular flexibility index (Phi) is 3.94. The van der Waals surface area contributed by atoms with Gasteiger partial charge in [-0.25, -0.2) is 4.79 Å². The summed E-state index contributed by atoms with van der Waals surface area (Å²) < 4.78 is 5.66. The Morgan fingerprint density at radius 3 is 2.26 bits per heavy atom. The molecule has 0 bridgehead atoms. The molecule has 0 amide bonds. The van der Waals surface area contributed by atoms with Gasteiger partial charge in [0, 0.05) is 25.9 Å². The standard InChI is InChI=1S/C18H23NO4/c1-11-9-12(2)14(13(3)10-11)15-16(20)18(23-17(15)21)5-7-19(22-4)8-6-18/h9-10,20H,5-8H2,1-4H3. The third kappa shape index (κ3) is 2.54. The van der Waals surface area contributed by atoms with Gasteiger partial charge in [-0.05, 0) is 37.5 Å². The Balaban J connectivity index is 2.04. The second kappa shape index (κ2) is 5.65. The normalized spacial score (nSPS) is 21.1. The van der Waals surface area contributed by atoms with E-state index in [1.165, 1.54) is 0 Å². The molecule has 0 radical (unpaired) electrons. The first kappa shape index (κ1) is 16.0. The topological polar surface area (TPSA) is 59.0 Å². The van der Waals surface area contributed by atoms with Crippen LogP contribution in [0.1, 0.15) is 35.1 Å². The maximum atomic E-state index is 12.5. The quantitative estimate of drug-likeness (QED) is 0.850. The molecule has 2 aliphatic heterocycles. The highest BCUT2D eigenvalue weighted by Crippen LogP contribution is 2.44. The fraction of sp³-hybridized carbons (Fsp3) is 0.500. The minimum atomic E-state index is -0.898. The van der Waals surface area contributed by atoms with Gasteiger partial charge in [0.1, 0.15) is 5.57 Å². The summed E-state index contributed by atoms with van der Waals surface area (Å²) in [7, 11) is 1.62. The predicted octanol–water partition coefficient (Wildman–Crippen LogP) is 2.83. The van der Waals surface area contributed by atoms with Crippen LogP contribution in [0, 0.1) is 20.8 Å². The number of aliphatic hydroxyl groups excluding tert-OH is 1. The minimum Gasteiger partial charge on any atom is -0.507 e. The number of piperidine rings is 1. The molecule has 5 heteroatoms. The number of rotatable bonds is 2. The third-order valence-electron chi connectivity index (χ3n) is 4.88. The number of esters is 1. The van der Waals surface area contributed by atoms with Crippen LogP contribution in [0.5, 0.6) is 0 Å². The largest absolute Gasteiger partial charge is 0.507 e. The molecule has 1 fully saturated rings. The fourth-order valence-electron chi connectivity index (χ4n) is 3.76. The molecule has 1 aromatic rings. The molecule has 3 rings (SSSR count). The van der Waals surface area contributed by atoms with Crippen LogP contribution < -0.4 is 0 Å². The molecule has 2 heterocycles. The lowest BCUT2D eigenvalue weighted by atomic mass is 9.86. The van der Waals surface area contributed by atoms with Gasteiger partial charge >= 0.3 is 5.97 Å². The Hall–Kier alpha value is -1.85. The molecule has 1 N–H and O–H groups in total. The third-order valence-corrected chi connectivity index (χ3v) is 4.88. The van der Waals surface area contributed by atoms with Crippen molar-refractivity contribution in [3.05, 3.63) is 40.1 Å². The van der Waals surface area contributed by atoms with E-state index < -0.39 is 11.6 Å². The van der Waals surface area contributed by atoms with E-state index in [-0.39, 0.29) is 5.76 Å². The van der Waals surface area contributed by atoms with Crippen molar-refractivity contribution in [2.75, 3.05) is 20.2 Å². The van der Waals surface area contributed by atoms with Crippen molar-refractivity contribution < 1.29 is 19.5 Å². The highest BCUT2D eigenvalue weighted by molar-refractivity contribution is 6.20. The van der Waals surface area contributed by atoms with Gasteiger partial charge in [-0.1, -0.05) is 17.7 Å². The number of carbonyl (C=O) groups excluding carboxylic acids is 1. The van der Waals surface area contributed by atoms with Crippen LogP contribution >= 0.6 is 0 Å². The van der Waals surface area contributed by atoms with Crippen LogP contribution in [0.25, 0.3) is 5.57 Å². The van der Waals surface area contributed by atoms with Crippen molar-refractivity contribution in [2.45, 2.75) is 39.2 Å². The van der Waals surface area contributed by atoms with Crippen molar-refractivity contribution in [3.63, 3.8) is 0 Å². The van der Waals surface area contributed by atoms with Crippen LogP contribution in [0.4, 0.5) is 0 Å². The molecular formula is C18H23NO4. The van der Waals surface area contributed by atoms with E-state index in [2.05, 4.69) is 0 Å². The van der Waals surface area contributed by atoms with E-state index in [0.29, 0.717) is 31.5 Å². The van der Waals surface area contributed by atoms with Crippen LogP contribution in [0.15, 0.2) is 17.9 Å². The monoisotopic (exact) mass is 317 g/mol. The molecule has 0 aliphatic carbocycles. The molecule has 0 atom stereocenters. The molecule has 5 nitrogen and oxygen atoms in total. The number of hydrogen-bond acceptors (Lipinski definition) is 5. The number of ether oxygens (including phenoxy) is 1. The maximum absolute atomic E-state index is 12.5. The average molecular weight is 317 g/mol. The number of carbonyl (C=O) groups is 1. The van der Waals surface area contributed by atoms with Crippen molar-refractivity contribution in [2.24, 2.45) is 0 Å². The van der Waals surface area contributed by atoms with Crippen molar-refractivity contribution in [1.29, 1.82) is 0 Å². The van der Waals surface area contributed by atoms with E-state index in [9.17, 15) is 9.90 Å². The lowest BCUT2D eigenvalue weighted by molar-refractivity contribution is -0.182. The maximum Gasteiger partial charge on any atom is 0.343 e. The zero-order chi connectivity index (χ0) is 16.8. The number of hydroxylamine groups is 2. The average Bonchev–Trinajstić information content (AvgIpc) is 2.72. The summed E-state index contributed by atoms with van der Waals surface area (Å²) in [6, 6.07) is 4.04. The Morgan fingerprint density at radius 1 is 1.17 bits per heavy atom. The predicted molar refractivity (Wildman–Crippen MR) is 86.8 cm³/mol. The molecular weight excluding hydrogens is 294 g/mol. The molecule has 124 valence electrons. The van der Waals surface area contributed by atoms with E-state index in [4.69, 9.17) is 9.57 Å². The second-order valence-corrected chi connectivity index (χ2v) is 6.49. The lowest BCUT2D eigenvalue weighted by Gasteiger charge is -2.36. The zero-order valence-corrected chi connectivity index (χ0v) is 14.1. The molecule has 1 aromatic carbocycles. The van der Waals surface area contributed by atoms with Gasteiger partial charge in [-0.3, -0.25) is 0 Å². The fourth-order valence-corrected chi connectivity index (χ4v) is 3.76. The smallest absolute Gasteiger partial charge is 0.343 e. The summed E-state index contributed by atoms with van der Waals surface area (Å²) in [5.74, 6) is -0.350. The minimum absolute atomic E-state index is 0.0771. The first-order chi connectivity index (χ1) is 10.9. The van der Waals surface area contributed by atoms with Gasteiger partial charge in [0.05, 0.1) is 7.11 Å². The van der Waals surface area contributed by atoms with Gasteiger partial charge in [0.25, 0.3) is 0 Å². The van der Waals surface area contributed by atoms with Gasteiger partial charge in [0.2, 0.25) is 0 Å². The first-order valence-corrected chi connectivity index (χ1v) is 7.92. The van der Waals surface area contributed by atoms with Crippen LogP contribution in [-0.2, 0) is 14.4 Å². The molecule has 0 unspecified atom stereocenters. The Morgan fingerprint density at radius 2 is 1.74 bits per heavy atom. The number of nitrogens with zero attached hydrogens (tertiary/aromatic N) is 1. The van der Waals surface area contributed by atoms with Gasteiger partial charge in [-0.2, -0.15) is 5.06 Å². The molecule has 1 saturated heterocycles. The Labute approximate surface area is 136 Å². The Bertz CT molecular complexity index is 661. The number of aryl methyl sites for hydroxylation is 3. The highest BCUT2D eigenvalue weighted by atomic mass is 16.7. The van der Waals surface area contributed by atoms with Crippen molar-refractivity contribution >= 4 is 11.5 Å².